The van der Waals surface area contributed by atoms with Gasteiger partial charge in [0.05, 0.1) is 13.3 Å². The Morgan fingerprint density at radius 2 is 2.08 bits per heavy atom. The molecule has 0 aliphatic rings. The summed E-state index contributed by atoms with van der Waals surface area (Å²) in [5.74, 6) is 1.80. The summed E-state index contributed by atoms with van der Waals surface area (Å²) >= 11 is 0. The van der Waals surface area contributed by atoms with Crippen LogP contribution in [-0.2, 0) is 19.9 Å². The van der Waals surface area contributed by atoms with E-state index in [1.54, 1.807) is 7.11 Å². The molecule has 2 rings (SSSR count). The fourth-order valence-corrected chi connectivity index (χ4v) is 2.64. The van der Waals surface area contributed by atoms with Gasteiger partial charge in [0.2, 0.25) is 0 Å². The molecule has 0 radical (unpaired) electrons. The van der Waals surface area contributed by atoms with Crippen LogP contribution in [0.15, 0.2) is 41.7 Å². The highest BCUT2D eigenvalue weighted by atomic mass is 16.5. The van der Waals surface area contributed by atoms with Crippen molar-refractivity contribution in [3.05, 3.63) is 47.8 Å². The lowest BCUT2D eigenvalue weighted by molar-refractivity contribution is 0.409. The number of benzene rings is 1. The van der Waals surface area contributed by atoms with E-state index in [1.807, 2.05) is 36.1 Å². The predicted molar refractivity (Wildman–Crippen MR) is 102 cm³/mol. The molecule has 0 saturated heterocycles. The quantitative estimate of drug-likeness (QED) is 0.416. The minimum Gasteiger partial charge on any atom is -0.496 e. The number of nitrogens with zero attached hydrogens (tertiary/aromatic N) is 3. The molecule has 2 N–H and O–H groups in total. The number of rotatable bonds is 9. The van der Waals surface area contributed by atoms with Crippen molar-refractivity contribution in [2.45, 2.75) is 26.2 Å². The largest absolute Gasteiger partial charge is 0.496 e. The van der Waals surface area contributed by atoms with E-state index in [9.17, 15) is 0 Å². The fraction of sp³-hybridized carbons (Fsp3) is 0.474. The lowest BCUT2D eigenvalue weighted by Gasteiger charge is -2.12. The minimum atomic E-state index is 0.791. The number of methoxy groups -OCH3 is 1. The first-order chi connectivity index (χ1) is 12.2. The van der Waals surface area contributed by atoms with Crippen LogP contribution in [-0.4, -0.2) is 42.5 Å². The molecule has 136 valence electrons. The first kappa shape index (κ1) is 18.8. The molecule has 0 bridgehead atoms. The van der Waals surface area contributed by atoms with Crippen LogP contribution in [0.4, 0.5) is 0 Å². The summed E-state index contributed by atoms with van der Waals surface area (Å²) < 4.78 is 7.23. The molecule has 0 spiro atoms. The van der Waals surface area contributed by atoms with Crippen LogP contribution in [0.5, 0.6) is 5.75 Å². The van der Waals surface area contributed by atoms with Crippen molar-refractivity contribution < 1.29 is 4.74 Å². The summed E-state index contributed by atoms with van der Waals surface area (Å²) in [5.41, 5.74) is 2.46. The lowest BCUT2D eigenvalue weighted by Crippen LogP contribution is -2.38. The molecule has 6 nitrogen and oxygen atoms in total. The van der Waals surface area contributed by atoms with Crippen molar-refractivity contribution in [3.8, 4) is 5.75 Å². The smallest absolute Gasteiger partial charge is 0.191 e. The lowest BCUT2D eigenvalue weighted by atomic mass is 10.1. The summed E-state index contributed by atoms with van der Waals surface area (Å²) in [4.78, 5) is 4.65. The molecular formula is C19H29N5O. The van der Waals surface area contributed by atoms with Gasteiger partial charge in [-0.25, -0.2) is 0 Å². The zero-order valence-electron chi connectivity index (χ0n) is 15.5. The van der Waals surface area contributed by atoms with Crippen LogP contribution < -0.4 is 15.4 Å². The van der Waals surface area contributed by atoms with Gasteiger partial charge in [-0.05, 0) is 43.4 Å². The number of para-hydroxylation sites is 1. The van der Waals surface area contributed by atoms with Gasteiger partial charge in [0, 0.05) is 32.9 Å². The molecular weight excluding hydrogens is 314 g/mol. The second-order valence-corrected chi connectivity index (χ2v) is 5.88. The number of guanidine groups is 1. The van der Waals surface area contributed by atoms with Crippen LogP contribution in [0.1, 0.15) is 24.5 Å². The third-order valence-electron chi connectivity index (χ3n) is 3.88. The standard InChI is InChI=1S/C19H29N5O/c1-4-20-19(21-12-7-8-16-14-23-24(2)15-16)22-13-11-17-9-5-6-10-18(17)25-3/h5-6,9-10,14-15H,4,7-8,11-13H2,1-3H3,(H2,20,21,22). The van der Waals surface area contributed by atoms with Crippen molar-refractivity contribution in [2.24, 2.45) is 12.0 Å². The molecule has 1 aromatic heterocycles. The number of nitrogens with one attached hydrogen (secondary N) is 2. The summed E-state index contributed by atoms with van der Waals surface area (Å²) in [6.45, 7) is 4.53. The van der Waals surface area contributed by atoms with Gasteiger partial charge in [-0.1, -0.05) is 18.2 Å². The van der Waals surface area contributed by atoms with Crippen LogP contribution in [0.25, 0.3) is 0 Å². The van der Waals surface area contributed by atoms with Crippen molar-refractivity contribution in [2.75, 3.05) is 26.7 Å². The minimum absolute atomic E-state index is 0.791. The number of hydrogen-bond acceptors (Lipinski definition) is 3. The van der Waals surface area contributed by atoms with Gasteiger partial charge in [0.1, 0.15) is 5.75 Å². The zero-order valence-corrected chi connectivity index (χ0v) is 15.5. The molecule has 1 aromatic carbocycles. The Bertz CT molecular complexity index is 665. The molecule has 1 heterocycles. The SMILES string of the molecule is CCNC(=NCCCc1cnn(C)c1)NCCc1ccccc1OC. The second kappa shape index (κ2) is 10.4. The van der Waals surface area contributed by atoms with E-state index in [4.69, 9.17) is 4.74 Å². The number of hydrogen-bond donors (Lipinski definition) is 2. The first-order valence-electron chi connectivity index (χ1n) is 8.84. The van der Waals surface area contributed by atoms with Crippen molar-refractivity contribution in [3.63, 3.8) is 0 Å². The Kier molecular flexibility index (Phi) is 7.82. The van der Waals surface area contributed by atoms with E-state index < -0.39 is 0 Å². The van der Waals surface area contributed by atoms with Gasteiger partial charge < -0.3 is 15.4 Å². The number of aliphatic imine (C=N–C) groups is 1. The Labute approximate surface area is 150 Å². The average Bonchev–Trinajstić information content (AvgIpc) is 3.04. The first-order valence-corrected chi connectivity index (χ1v) is 8.84. The molecule has 0 aliphatic carbocycles. The number of ether oxygens (including phenoxy) is 1. The van der Waals surface area contributed by atoms with Crippen LogP contribution in [0.3, 0.4) is 0 Å². The summed E-state index contributed by atoms with van der Waals surface area (Å²) in [7, 11) is 3.65. The van der Waals surface area contributed by atoms with Crippen LogP contribution in [0, 0.1) is 0 Å². The molecule has 0 saturated carbocycles. The van der Waals surface area contributed by atoms with E-state index in [0.717, 1.165) is 50.6 Å². The monoisotopic (exact) mass is 343 g/mol. The molecule has 0 amide bonds. The Balaban J connectivity index is 1.77. The van der Waals surface area contributed by atoms with Gasteiger partial charge >= 0.3 is 0 Å². The highest BCUT2D eigenvalue weighted by Gasteiger charge is 2.03. The molecule has 0 fully saturated rings. The van der Waals surface area contributed by atoms with E-state index >= 15 is 0 Å². The van der Waals surface area contributed by atoms with Crippen LogP contribution in [0.2, 0.25) is 0 Å². The molecule has 0 atom stereocenters. The Hall–Kier alpha value is -2.50. The molecule has 0 unspecified atom stereocenters. The maximum Gasteiger partial charge on any atom is 0.191 e. The Morgan fingerprint density at radius 1 is 1.24 bits per heavy atom. The van der Waals surface area contributed by atoms with Crippen molar-refractivity contribution in [1.82, 2.24) is 20.4 Å². The van der Waals surface area contributed by atoms with Crippen molar-refractivity contribution >= 4 is 5.96 Å². The maximum absolute atomic E-state index is 5.39. The van der Waals surface area contributed by atoms with Gasteiger partial charge in [0.15, 0.2) is 5.96 Å². The second-order valence-electron chi connectivity index (χ2n) is 5.88. The fourth-order valence-electron chi connectivity index (χ4n) is 2.64. The van der Waals surface area contributed by atoms with Crippen LogP contribution >= 0.6 is 0 Å². The van der Waals surface area contributed by atoms with E-state index in [0.29, 0.717) is 0 Å². The topological polar surface area (TPSA) is 63.5 Å². The highest BCUT2D eigenvalue weighted by molar-refractivity contribution is 5.79. The van der Waals surface area contributed by atoms with Gasteiger partial charge in [-0.15, -0.1) is 0 Å². The van der Waals surface area contributed by atoms with Gasteiger partial charge in [0.25, 0.3) is 0 Å². The summed E-state index contributed by atoms with van der Waals surface area (Å²) in [6.07, 6.45) is 6.87. The third-order valence-corrected chi connectivity index (χ3v) is 3.88. The maximum atomic E-state index is 5.39. The van der Waals surface area contributed by atoms with E-state index in [2.05, 4.69) is 39.9 Å². The zero-order chi connectivity index (χ0) is 17.9. The highest BCUT2D eigenvalue weighted by Crippen LogP contribution is 2.17. The third kappa shape index (κ3) is 6.49. The van der Waals surface area contributed by atoms with Crippen molar-refractivity contribution in [1.29, 1.82) is 0 Å². The number of aromatic nitrogens is 2. The van der Waals surface area contributed by atoms with Gasteiger partial charge in [-0.3, -0.25) is 9.67 Å². The number of aryl methyl sites for hydroxylation is 2. The summed E-state index contributed by atoms with van der Waals surface area (Å²) in [6, 6.07) is 8.12. The predicted octanol–water partition coefficient (Wildman–Crippen LogP) is 2.16. The molecule has 25 heavy (non-hydrogen) atoms. The average molecular weight is 343 g/mol. The molecule has 2 aromatic rings. The molecule has 0 aliphatic heterocycles. The Morgan fingerprint density at radius 3 is 2.80 bits per heavy atom. The summed E-state index contributed by atoms with van der Waals surface area (Å²) in [5, 5.41) is 10.9. The van der Waals surface area contributed by atoms with E-state index in [-0.39, 0.29) is 0 Å². The normalized spacial score (nSPS) is 11.4. The van der Waals surface area contributed by atoms with E-state index in [1.165, 1.54) is 11.1 Å². The van der Waals surface area contributed by atoms with Gasteiger partial charge in [-0.2, -0.15) is 5.10 Å². The molecule has 6 heteroatoms.